The first-order valence-electron chi connectivity index (χ1n) is 8.06. The molecule has 0 saturated heterocycles. The first-order valence-corrected chi connectivity index (χ1v) is 8.06. The van der Waals surface area contributed by atoms with Crippen LogP contribution in [0.5, 0.6) is 0 Å². The number of ketones is 1. The molecule has 126 valence electrons. The Bertz CT molecular complexity index is 842. The van der Waals surface area contributed by atoms with Gasteiger partial charge < -0.3 is 9.73 Å². The molecule has 0 aliphatic rings. The Morgan fingerprint density at radius 2 is 1.84 bits per heavy atom. The van der Waals surface area contributed by atoms with E-state index >= 15 is 0 Å². The Balaban J connectivity index is 1.49. The van der Waals surface area contributed by atoms with E-state index in [1.54, 1.807) is 30.7 Å². The van der Waals surface area contributed by atoms with E-state index in [-0.39, 0.29) is 24.5 Å². The van der Waals surface area contributed by atoms with Crippen molar-refractivity contribution in [1.29, 1.82) is 0 Å². The zero-order valence-electron chi connectivity index (χ0n) is 13.6. The van der Waals surface area contributed by atoms with E-state index in [1.807, 2.05) is 36.4 Å². The molecule has 0 unspecified atom stereocenters. The topological polar surface area (TPSA) is 72.2 Å². The Kier molecular flexibility index (Phi) is 5.36. The highest BCUT2D eigenvalue weighted by molar-refractivity contribution is 5.97. The minimum absolute atomic E-state index is 0.0280. The number of carbonyl (C=O) groups excluding carboxylic acids is 2. The fraction of sp³-hybridized carbons (Fsp3) is 0.150. The number of hydrogen-bond acceptors (Lipinski definition) is 4. The number of hydrogen-bond donors (Lipinski definition) is 1. The van der Waals surface area contributed by atoms with Gasteiger partial charge in [-0.3, -0.25) is 14.6 Å². The van der Waals surface area contributed by atoms with E-state index in [2.05, 4.69) is 10.3 Å². The zero-order valence-corrected chi connectivity index (χ0v) is 13.6. The molecule has 0 bridgehead atoms. The zero-order chi connectivity index (χ0) is 17.5. The Hall–Kier alpha value is -3.21. The Morgan fingerprint density at radius 1 is 1.00 bits per heavy atom. The molecule has 0 aliphatic heterocycles. The molecule has 5 nitrogen and oxygen atoms in total. The van der Waals surface area contributed by atoms with Crippen LogP contribution >= 0.6 is 0 Å². The van der Waals surface area contributed by atoms with Crippen molar-refractivity contribution in [3.8, 4) is 11.5 Å². The van der Waals surface area contributed by atoms with Gasteiger partial charge >= 0.3 is 0 Å². The maximum absolute atomic E-state index is 12.0. The molecule has 0 saturated carbocycles. The van der Waals surface area contributed by atoms with E-state index in [9.17, 15) is 9.59 Å². The van der Waals surface area contributed by atoms with E-state index in [1.165, 1.54) is 0 Å². The number of amides is 1. The predicted molar refractivity (Wildman–Crippen MR) is 93.8 cm³/mol. The van der Waals surface area contributed by atoms with Gasteiger partial charge in [-0.15, -0.1) is 0 Å². The summed E-state index contributed by atoms with van der Waals surface area (Å²) in [7, 11) is 0. The molecule has 0 spiro atoms. The van der Waals surface area contributed by atoms with E-state index < -0.39 is 0 Å². The molecular formula is C20H18N2O3. The van der Waals surface area contributed by atoms with Gasteiger partial charge in [0, 0.05) is 31.1 Å². The lowest BCUT2D eigenvalue weighted by Crippen LogP contribution is -2.23. The van der Waals surface area contributed by atoms with Gasteiger partial charge in [0.25, 0.3) is 0 Å². The summed E-state index contributed by atoms with van der Waals surface area (Å²) in [5.41, 5.74) is 2.27. The SMILES string of the molecule is O=C(CCC(=O)c1ccccc1)NCc1ccnc(-c2ccco2)c1. The lowest BCUT2D eigenvalue weighted by Gasteiger charge is -2.06. The first-order chi connectivity index (χ1) is 12.2. The fourth-order valence-corrected chi connectivity index (χ4v) is 2.43. The van der Waals surface area contributed by atoms with Crippen LogP contribution in [0.4, 0.5) is 0 Å². The van der Waals surface area contributed by atoms with Gasteiger partial charge in [0.05, 0.1) is 6.26 Å². The predicted octanol–water partition coefficient (Wildman–Crippen LogP) is 3.62. The van der Waals surface area contributed by atoms with Crippen LogP contribution < -0.4 is 5.32 Å². The van der Waals surface area contributed by atoms with E-state index in [0.717, 1.165) is 11.3 Å². The number of rotatable bonds is 7. The second-order valence-electron chi connectivity index (χ2n) is 5.59. The monoisotopic (exact) mass is 334 g/mol. The van der Waals surface area contributed by atoms with Gasteiger partial charge in [-0.2, -0.15) is 0 Å². The molecule has 0 atom stereocenters. The van der Waals surface area contributed by atoms with Crippen LogP contribution in [0.25, 0.3) is 11.5 Å². The number of Topliss-reactive ketones (excluding diaryl/α,β-unsaturated/α-hetero) is 1. The van der Waals surface area contributed by atoms with E-state index in [4.69, 9.17) is 4.42 Å². The summed E-state index contributed by atoms with van der Waals surface area (Å²) in [4.78, 5) is 28.2. The maximum Gasteiger partial charge on any atom is 0.220 e. The summed E-state index contributed by atoms with van der Waals surface area (Å²) in [5.74, 6) is 0.502. The van der Waals surface area contributed by atoms with Crippen LogP contribution in [-0.4, -0.2) is 16.7 Å². The lowest BCUT2D eigenvalue weighted by molar-refractivity contribution is -0.121. The number of carbonyl (C=O) groups is 2. The van der Waals surface area contributed by atoms with Crippen molar-refractivity contribution < 1.29 is 14.0 Å². The average molecular weight is 334 g/mol. The minimum atomic E-state index is -0.152. The molecule has 3 rings (SSSR count). The standard InChI is InChI=1S/C20H18N2O3/c23-18(16-5-2-1-3-6-16)8-9-20(24)22-14-15-10-11-21-17(13-15)19-7-4-12-25-19/h1-7,10-13H,8-9,14H2,(H,22,24). The minimum Gasteiger partial charge on any atom is -0.463 e. The molecule has 3 aromatic rings. The number of nitrogens with one attached hydrogen (secondary N) is 1. The molecule has 0 fully saturated rings. The first kappa shape index (κ1) is 16.6. The molecular weight excluding hydrogens is 316 g/mol. The molecule has 1 aromatic carbocycles. The van der Waals surface area contributed by atoms with Gasteiger partial charge in [0.15, 0.2) is 11.5 Å². The highest BCUT2D eigenvalue weighted by Gasteiger charge is 2.09. The third kappa shape index (κ3) is 4.64. The molecule has 0 radical (unpaired) electrons. The third-order valence-electron chi connectivity index (χ3n) is 3.76. The van der Waals surface area contributed by atoms with Crippen molar-refractivity contribution in [2.45, 2.75) is 19.4 Å². The molecule has 2 aromatic heterocycles. The summed E-state index contributed by atoms with van der Waals surface area (Å²) in [6, 6.07) is 16.3. The number of furan rings is 1. The summed E-state index contributed by atoms with van der Waals surface area (Å²) in [6.45, 7) is 0.384. The lowest BCUT2D eigenvalue weighted by atomic mass is 10.1. The molecule has 2 heterocycles. The van der Waals surface area contributed by atoms with Gasteiger partial charge in [0.1, 0.15) is 5.69 Å². The summed E-state index contributed by atoms with van der Waals surface area (Å²) >= 11 is 0. The van der Waals surface area contributed by atoms with Crippen molar-refractivity contribution in [3.63, 3.8) is 0 Å². The van der Waals surface area contributed by atoms with Gasteiger partial charge in [-0.1, -0.05) is 30.3 Å². The Labute approximate surface area is 145 Å². The fourth-order valence-electron chi connectivity index (χ4n) is 2.43. The molecule has 5 heteroatoms. The van der Waals surface area contributed by atoms with Crippen molar-refractivity contribution in [2.75, 3.05) is 0 Å². The van der Waals surface area contributed by atoms with Crippen LogP contribution in [0.15, 0.2) is 71.5 Å². The van der Waals surface area contributed by atoms with Crippen molar-refractivity contribution in [1.82, 2.24) is 10.3 Å². The van der Waals surface area contributed by atoms with Crippen LogP contribution in [-0.2, 0) is 11.3 Å². The van der Waals surface area contributed by atoms with E-state index in [0.29, 0.717) is 17.9 Å². The third-order valence-corrected chi connectivity index (χ3v) is 3.76. The van der Waals surface area contributed by atoms with Crippen molar-refractivity contribution in [3.05, 3.63) is 78.2 Å². The average Bonchev–Trinajstić information content (AvgIpc) is 3.20. The van der Waals surface area contributed by atoms with Crippen molar-refractivity contribution >= 4 is 11.7 Å². The number of pyridine rings is 1. The number of nitrogens with zero attached hydrogens (tertiary/aromatic N) is 1. The normalized spacial score (nSPS) is 10.4. The second kappa shape index (κ2) is 8.06. The summed E-state index contributed by atoms with van der Waals surface area (Å²) in [5, 5.41) is 2.83. The quantitative estimate of drug-likeness (QED) is 0.670. The van der Waals surface area contributed by atoms with Gasteiger partial charge in [-0.05, 0) is 29.8 Å². The van der Waals surface area contributed by atoms with Gasteiger partial charge in [-0.25, -0.2) is 0 Å². The Morgan fingerprint density at radius 3 is 2.60 bits per heavy atom. The number of aromatic nitrogens is 1. The summed E-state index contributed by atoms with van der Waals surface area (Å²) in [6.07, 6.45) is 3.64. The molecule has 25 heavy (non-hydrogen) atoms. The highest BCUT2D eigenvalue weighted by atomic mass is 16.3. The maximum atomic E-state index is 12.0. The van der Waals surface area contributed by atoms with Crippen LogP contribution in [0.3, 0.4) is 0 Å². The molecule has 1 amide bonds. The van der Waals surface area contributed by atoms with Crippen LogP contribution in [0.1, 0.15) is 28.8 Å². The number of benzene rings is 1. The second-order valence-corrected chi connectivity index (χ2v) is 5.59. The van der Waals surface area contributed by atoms with Crippen molar-refractivity contribution in [2.24, 2.45) is 0 Å². The van der Waals surface area contributed by atoms with Crippen LogP contribution in [0, 0.1) is 0 Å². The summed E-state index contributed by atoms with van der Waals surface area (Å²) < 4.78 is 5.32. The van der Waals surface area contributed by atoms with Crippen LogP contribution in [0.2, 0.25) is 0 Å². The van der Waals surface area contributed by atoms with Gasteiger partial charge in [0.2, 0.25) is 5.91 Å². The smallest absolute Gasteiger partial charge is 0.220 e. The highest BCUT2D eigenvalue weighted by Crippen LogP contribution is 2.18. The largest absolute Gasteiger partial charge is 0.463 e. The molecule has 0 aliphatic carbocycles. The molecule has 1 N–H and O–H groups in total.